The summed E-state index contributed by atoms with van der Waals surface area (Å²) in [7, 11) is 0. The second-order valence-corrected chi connectivity index (χ2v) is 5.19. The fourth-order valence-electron chi connectivity index (χ4n) is 1.63. The highest BCUT2D eigenvalue weighted by Crippen LogP contribution is 2.13. The highest BCUT2D eigenvalue weighted by molar-refractivity contribution is 7.13. The van der Waals surface area contributed by atoms with Crippen molar-refractivity contribution in [3.8, 4) is 0 Å². The summed E-state index contributed by atoms with van der Waals surface area (Å²) in [6.45, 7) is 3.69. The third-order valence-electron chi connectivity index (χ3n) is 2.41. The van der Waals surface area contributed by atoms with Crippen molar-refractivity contribution in [3.05, 3.63) is 34.2 Å². The van der Waals surface area contributed by atoms with Gasteiger partial charge >= 0.3 is 0 Å². The summed E-state index contributed by atoms with van der Waals surface area (Å²) >= 11 is 1.25. The smallest absolute Gasteiger partial charge is 0.286 e. The van der Waals surface area contributed by atoms with Crippen molar-refractivity contribution in [1.82, 2.24) is 24.8 Å². The summed E-state index contributed by atoms with van der Waals surface area (Å²) in [5.74, 6) is -0.296. The summed E-state index contributed by atoms with van der Waals surface area (Å²) in [6.07, 6.45) is 3.30. The van der Waals surface area contributed by atoms with Crippen LogP contribution in [0.3, 0.4) is 0 Å². The molecule has 7 nitrogen and oxygen atoms in total. The molecule has 0 atom stereocenters. The number of anilines is 1. The second kappa shape index (κ2) is 4.39. The Morgan fingerprint density at radius 1 is 1.37 bits per heavy atom. The van der Waals surface area contributed by atoms with Crippen molar-refractivity contribution in [2.24, 2.45) is 0 Å². The Morgan fingerprint density at radius 2 is 2.21 bits per heavy atom. The van der Waals surface area contributed by atoms with Crippen LogP contribution in [-0.2, 0) is 0 Å². The van der Waals surface area contributed by atoms with Gasteiger partial charge in [-0.2, -0.15) is 5.10 Å². The molecule has 0 bridgehead atoms. The van der Waals surface area contributed by atoms with Gasteiger partial charge < -0.3 is 5.32 Å². The number of hydrogen-bond donors (Lipinski definition) is 1. The van der Waals surface area contributed by atoms with E-state index in [0.717, 1.165) is 16.3 Å². The molecule has 8 heteroatoms. The molecular weight excluding hydrogens is 264 g/mol. The monoisotopic (exact) mass is 274 g/mol. The summed E-state index contributed by atoms with van der Waals surface area (Å²) in [5, 5.41) is 15.6. The molecule has 3 aromatic rings. The highest BCUT2D eigenvalue weighted by atomic mass is 32.1. The van der Waals surface area contributed by atoms with E-state index in [2.05, 4.69) is 25.6 Å². The molecule has 0 radical (unpaired) electrons. The molecule has 19 heavy (non-hydrogen) atoms. The molecule has 0 aliphatic carbocycles. The predicted molar refractivity (Wildman–Crippen MR) is 70.3 cm³/mol. The van der Waals surface area contributed by atoms with Crippen LogP contribution in [0.5, 0.6) is 0 Å². The standard InChI is InChI=1S/C11H10N6OS/c1-6-3-9-12-4-8(5-17(9)16-6)13-10(18)11-15-14-7(2)19-11/h3-5H,1-2H3,(H,13,18). The molecule has 3 rings (SSSR count). The van der Waals surface area contributed by atoms with Crippen molar-refractivity contribution < 1.29 is 4.79 Å². The first-order valence-electron chi connectivity index (χ1n) is 5.55. The van der Waals surface area contributed by atoms with Gasteiger partial charge in [-0.3, -0.25) is 4.79 Å². The largest absolute Gasteiger partial charge is 0.317 e. The van der Waals surface area contributed by atoms with Gasteiger partial charge in [0.2, 0.25) is 5.01 Å². The number of hydrogen-bond acceptors (Lipinski definition) is 6. The minimum absolute atomic E-state index is 0.296. The quantitative estimate of drug-likeness (QED) is 0.764. The molecule has 0 fully saturated rings. The van der Waals surface area contributed by atoms with E-state index < -0.39 is 0 Å². The number of nitrogens with zero attached hydrogens (tertiary/aromatic N) is 5. The Kier molecular flexibility index (Phi) is 2.71. The zero-order valence-electron chi connectivity index (χ0n) is 10.3. The van der Waals surface area contributed by atoms with Crippen LogP contribution in [0.1, 0.15) is 20.5 Å². The molecule has 96 valence electrons. The topological polar surface area (TPSA) is 85.1 Å². The zero-order chi connectivity index (χ0) is 13.4. The third kappa shape index (κ3) is 2.29. The molecule has 0 saturated carbocycles. The maximum absolute atomic E-state index is 11.9. The molecular formula is C11H10N6OS. The lowest BCUT2D eigenvalue weighted by Crippen LogP contribution is -2.12. The number of aryl methyl sites for hydroxylation is 2. The van der Waals surface area contributed by atoms with Crippen molar-refractivity contribution in [2.75, 3.05) is 5.32 Å². The molecule has 0 aromatic carbocycles. The average Bonchev–Trinajstić information content (AvgIpc) is 2.93. The van der Waals surface area contributed by atoms with E-state index >= 15 is 0 Å². The lowest BCUT2D eigenvalue weighted by Gasteiger charge is -2.02. The number of rotatable bonds is 2. The molecule has 0 aliphatic rings. The summed E-state index contributed by atoms with van der Waals surface area (Å²) < 4.78 is 1.62. The van der Waals surface area contributed by atoms with Crippen molar-refractivity contribution >= 4 is 28.6 Å². The van der Waals surface area contributed by atoms with Crippen LogP contribution in [0.15, 0.2) is 18.5 Å². The van der Waals surface area contributed by atoms with Crippen LogP contribution in [0.4, 0.5) is 5.69 Å². The van der Waals surface area contributed by atoms with E-state index in [4.69, 9.17) is 0 Å². The van der Waals surface area contributed by atoms with Crippen molar-refractivity contribution in [3.63, 3.8) is 0 Å². The average molecular weight is 274 g/mol. The fourth-order valence-corrected chi connectivity index (χ4v) is 2.22. The minimum Gasteiger partial charge on any atom is -0.317 e. The first-order valence-corrected chi connectivity index (χ1v) is 6.37. The number of amides is 1. The van der Waals surface area contributed by atoms with Crippen molar-refractivity contribution in [2.45, 2.75) is 13.8 Å². The first kappa shape index (κ1) is 11.7. The van der Waals surface area contributed by atoms with Crippen molar-refractivity contribution in [1.29, 1.82) is 0 Å². The van der Waals surface area contributed by atoms with Crippen LogP contribution in [0.25, 0.3) is 5.65 Å². The highest BCUT2D eigenvalue weighted by Gasteiger charge is 2.12. The van der Waals surface area contributed by atoms with E-state index in [1.54, 1.807) is 23.8 Å². The maximum atomic E-state index is 11.9. The fraction of sp³-hybridized carbons (Fsp3) is 0.182. The van der Waals surface area contributed by atoms with Crippen LogP contribution in [-0.4, -0.2) is 30.7 Å². The molecule has 3 aromatic heterocycles. The van der Waals surface area contributed by atoms with E-state index in [-0.39, 0.29) is 5.91 Å². The second-order valence-electron chi connectivity index (χ2n) is 4.01. The minimum atomic E-state index is -0.296. The Morgan fingerprint density at radius 3 is 2.95 bits per heavy atom. The molecule has 0 saturated heterocycles. The number of aromatic nitrogens is 5. The number of nitrogens with one attached hydrogen (secondary N) is 1. The summed E-state index contributed by atoms with van der Waals surface area (Å²) in [5.41, 5.74) is 2.17. The maximum Gasteiger partial charge on any atom is 0.286 e. The molecule has 1 amide bonds. The number of carbonyl (C=O) groups excluding carboxylic acids is 1. The lowest BCUT2D eigenvalue weighted by atomic mass is 10.4. The predicted octanol–water partition coefficient (Wildman–Crippen LogP) is 1.45. The number of carbonyl (C=O) groups is 1. The van der Waals surface area contributed by atoms with Gasteiger partial charge in [-0.15, -0.1) is 10.2 Å². The first-order chi connectivity index (χ1) is 9.11. The molecule has 3 heterocycles. The van der Waals surface area contributed by atoms with Gasteiger partial charge in [-0.25, -0.2) is 9.50 Å². The van der Waals surface area contributed by atoms with Gasteiger partial charge in [-0.1, -0.05) is 11.3 Å². The van der Waals surface area contributed by atoms with E-state index in [9.17, 15) is 4.79 Å². The molecule has 1 N–H and O–H groups in total. The van der Waals surface area contributed by atoms with Gasteiger partial charge in [0.25, 0.3) is 5.91 Å². The van der Waals surface area contributed by atoms with Gasteiger partial charge in [-0.05, 0) is 13.8 Å². The lowest BCUT2D eigenvalue weighted by molar-refractivity contribution is 0.102. The molecule has 0 spiro atoms. The SMILES string of the molecule is Cc1cc2ncc(NC(=O)c3nnc(C)s3)cn2n1. The van der Waals surface area contributed by atoms with Gasteiger partial charge in [0.15, 0.2) is 5.65 Å². The molecule has 0 unspecified atom stereocenters. The van der Waals surface area contributed by atoms with Crippen LogP contribution in [0.2, 0.25) is 0 Å². The van der Waals surface area contributed by atoms with Gasteiger partial charge in [0, 0.05) is 6.07 Å². The Balaban J connectivity index is 1.86. The Bertz CT molecular complexity index is 761. The molecule has 0 aliphatic heterocycles. The van der Waals surface area contributed by atoms with E-state index in [1.165, 1.54) is 11.3 Å². The zero-order valence-corrected chi connectivity index (χ0v) is 11.1. The van der Waals surface area contributed by atoms with Gasteiger partial charge in [0.1, 0.15) is 5.01 Å². The van der Waals surface area contributed by atoms with Crippen LogP contribution < -0.4 is 5.32 Å². The normalized spacial score (nSPS) is 10.8. The van der Waals surface area contributed by atoms with Crippen LogP contribution in [0, 0.1) is 13.8 Å². The van der Waals surface area contributed by atoms with Crippen LogP contribution >= 0.6 is 11.3 Å². The summed E-state index contributed by atoms with van der Waals surface area (Å²) in [6, 6.07) is 1.86. The number of fused-ring (bicyclic) bond motifs is 1. The summed E-state index contributed by atoms with van der Waals surface area (Å²) in [4.78, 5) is 16.1. The Labute approximate surface area is 112 Å². The Hall–Kier alpha value is -2.35. The van der Waals surface area contributed by atoms with E-state index in [0.29, 0.717) is 10.7 Å². The van der Waals surface area contributed by atoms with E-state index in [1.807, 2.05) is 13.0 Å². The van der Waals surface area contributed by atoms with Gasteiger partial charge in [0.05, 0.1) is 23.8 Å². The third-order valence-corrected chi connectivity index (χ3v) is 3.25.